The van der Waals surface area contributed by atoms with Crippen molar-refractivity contribution in [3.8, 4) is 0 Å². The summed E-state index contributed by atoms with van der Waals surface area (Å²) < 4.78 is 0. The normalized spacial score (nSPS) is 13.4. The van der Waals surface area contributed by atoms with Crippen LogP contribution in [0, 0.1) is 0 Å². The molecule has 0 bridgehead atoms. The lowest BCUT2D eigenvalue weighted by molar-refractivity contribution is 0.529. The zero-order valence-corrected chi connectivity index (χ0v) is 27.5. The molecule has 0 spiro atoms. The maximum Gasteiger partial charge on any atom is 0.0877 e. The summed E-state index contributed by atoms with van der Waals surface area (Å²) in [4.78, 5) is 18.3. The summed E-state index contributed by atoms with van der Waals surface area (Å²) in [5.41, 5.74) is 7.91. The van der Waals surface area contributed by atoms with E-state index in [1.165, 1.54) is 22.3 Å². The molecule has 0 aliphatic carbocycles. The Balaban J connectivity index is 2.28. The van der Waals surface area contributed by atoms with Gasteiger partial charge in [0.2, 0.25) is 0 Å². The van der Waals surface area contributed by atoms with Crippen molar-refractivity contribution < 1.29 is 0 Å². The predicted octanol–water partition coefficient (Wildman–Crippen LogP) is 8.07. The van der Waals surface area contributed by atoms with Gasteiger partial charge in [-0.1, -0.05) is 103 Å². The Bertz CT molecular complexity index is 1150. The van der Waals surface area contributed by atoms with E-state index in [1.54, 1.807) is 24.8 Å². The molecule has 0 aliphatic heterocycles. The fourth-order valence-corrected chi connectivity index (χ4v) is 10.8. The van der Waals surface area contributed by atoms with Crippen molar-refractivity contribution in [2.45, 2.75) is 117 Å². The van der Waals surface area contributed by atoms with Gasteiger partial charge in [0.25, 0.3) is 0 Å². The zero-order chi connectivity index (χ0) is 28.5. The number of aromatic nitrogens is 4. The van der Waals surface area contributed by atoms with Crippen molar-refractivity contribution in [2.24, 2.45) is 0 Å². The maximum atomic E-state index is 4.75. The van der Waals surface area contributed by atoms with Crippen LogP contribution >= 0.6 is 15.8 Å². The van der Waals surface area contributed by atoms with E-state index in [2.05, 4.69) is 105 Å². The van der Waals surface area contributed by atoms with Crippen LogP contribution in [0.2, 0.25) is 0 Å². The second-order valence-electron chi connectivity index (χ2n) is 14.3. The van der Waals surface area contributed by atoms with Crippen LogP contribution in [0.25, 0.3) is 0 Å². The molecule has 2 heterocycles. The Morgan fingerprint density at radius 2 is 0.947 bits per heavy atom. The van der Waals surface area contributed by atoms with Gasteiger partial charge in [0.05, 0.1) is 23.3 Å². The molecule has 0 N–H and O–H groups in total. The molecule has 206 valence electrons. The van der Waals surface area contributed by atoms with Gasteiger partial charge in [-0.15, -0.1) is 0 Å². The highest BCUT2D eigenvalue weighted by atomic mass is 31.1. The standard InChI is InChI=1S/C32H48N4P2/c1-29(2,3)25-17-23(21-37(27-19-33-13-15-35-27)28-20-34-14-16-36-28)24(18-26(25)30(4,5)6)22-38(31(7,8)9)32(10,11)12/h13-20H,21-22H2,1-12H3. The number of rotatable bonds is 6. The Morgan fingerprint density at radius 3 is 1.26 bits per heavy atom. The summed E-state index contributed by atoms with van der Waals surface area (Å²) in [6.07, 6.45) is 12.9. The molecule has 6 heteroatoms. The summed E-state index contributed by atoms with van der Waals surface area (Å²) >= 11 is 0. The molecule has 0 radical (unpaired) electrons. The Labute approximate surface area is 234 Å². The van der Waals surface area contributed by atoms with E-state index in [0.717, 1.165) is 23.2 Å². The van der Waals surface area contributed by atoms with Gasteiger partial charge in [-0.3, -0.25) is 19.9 Å². The van der Waals surface area contributed by atoms with Crippen LogP contribution in [0.15, 0.2) is 49.3 Å². The van der Waals surface area contributed by atoms with Crippen molar-refractivity contribution >= 4 is 26.7 Å². The minimum Gasteiger partial charge on any atom is -0.261 e. The van der Waals surface area contributed by atoms with Gasteiger partial charge in [-0.05, 0) is 49.6 Å². The predicted molar refractivity (Wildman–Crippen MR) is 168 cm³/mol. The molecule has 4 nitrogen and oxygen atoms in total. The van der Waals surface area contributed by atoms with E-state index in [-0.39, 0.29) is 29.1 Å². The minimum atomic E-state index is -0.851. The smallest absolute Gasteiger partial charge is 0.0877 e. The lowest BCUT2D eigenvalue weighted by Gasteiger charge is -2.42. The van der Waals surface area contributed by atoms with E-state index in [4.69, 9.17) is 9.97 Å². The monoisotopic (exact) mass is 550 g/mol. The highest BCUT2D eigenvalue weighted by Gasteiger charge is 2.36. The van der Waals surface area contributed by atoms with Crippen LogP contribution in [0.3, 0.4) is 0 Å². The van der Waals surface area contributed by atoms with E-state index >= 15 is 0 Å². The van der Waals surface area contributed by atoms with Crippen LogP contribution in [0.4, 0.5) is 0 Å². The SMILES string of the molecule is CC(C)(C)c1cc(CP(c2cnccn2)c2cnccn2)c(CP(C(C)(C)C)C(C)(C)C)cc1C(C)(C)C. The molecule has 2 aromatic heterocycles. The van der Waals surface area contributed by atoms with Gasteiger partial charge in [-0.25, -0.2) is 0 Å². The van der Waals surface area contributed by atoms with Crippen LogP contribution in [0.1, 0.15) is 105 Å². The molecule has 3 rings (SSSR count). The Morgan fingerprint density at radius 1 is 0.553 bits per heavy atom. The fraction of sp³-hybridized carbons (Fsp3) is 0.562. The van der Waals surface area contributed by atoms with Crippen molar-refractivity contribution in [3.63, 3.8) is 0 Å². The average Bonchev–Trinajstić information content (AvgIpc) is 2.79. The zero-order valence-electron chi connectivity index (χ0n) is 25.7. The number of hydrogen-bond acceptors (Lipinski definition) is 4. The first-order valence-electron chi connectivity index (χ1n) is 13.6. The summed E-state index contributed by atoms with van der Waals surface area (Å²) in [5.74, 6) is 0. The fourth-order valence-electron chi connectivity index (χ4n) is 5.19. The molecule has 3 aromatic rings. The van der Waals surface area contributed by atoms with Gasteiger partial charge in [0, 0.05) is 38.9 Å². The highest BCUT2D eigenvalue weighted by Crippen LogP contribution is 2.62. The molecule has 38 heavy (non-hydrogen) atoms. The first kappa shape index (κ1) is 30.8. The molecule has 1 aromatic carbocycles. The third kappa shape index (κ3) is 7.67. The van der Waals surface area contributed by atoms with Crippen LogP contribution in [-0.4, -0.2) is 30.2 Å². The summed E-state index contributed by atoms with van der Waals surface area (Å²) in [7, 11) is -1.15. The van der Waals surface area contributed by atoms with Gasteiger partial charge in [0.15, 0.2) is 0 Å². The van der Waals surface area contributed by atoms with Gasteiger partial charge >= 0.3 is 0 Å². The largest absolute Gasteiger partial charge is 0.261 e. The van der Waals surface area contributed by atoms with Gasteiger partial charge in [-0.2, -0.15) is 0 Å². The molecule has 0 aliphatic rings. The molecule has 0 atom stereocenters. The summed E-state index contributed by atoms with van der Waals surface area (Å²) in [6, 6.07) is 5.08. The van der Waals surface area contributed by atoms with Gasteiger partial charge < -0.3 is 0 Å². The maximum absolute atomic E-state index is 4.75. The molecular weight excluding hydrogens is 502 g/mol. The Hall–Kier alpha value is -1.76. The number of benzene rings is 1. The van der Waals surface area contributed by atoms with E-state index in [1.807, 2.05) is 12.4 Å². The molecule has 0 unspecified atom stereocenters. The number of nitrogens with zero attached hydrogens (tertiary/aromatic N) is 4. The third-order valence-corrected chi connectivity index (χ3v) is 13.0. The van der Waals surface area contributed by atoms with Crippen LogP contribution in [0.5, 0.6) is 0 Å². The topological polar surface area (TPSA) is 51.6 Å². The van der Waals surface area contributed by atoms with Crippen LogP contribution in [-0.2, 0) is 23.2 Å². The van der Waals surface area contributed by atoms with E-state index in [0.29, 0.717) is 0 Å². The lowest BCUT2D eigenvalue weighted by Crippen LogP contribution is -2.27. The number of hydrogen-bond donors (Lipinski definition) is 0. The second kappa shape index (κ2) is 11.4. The first-order chi connectivity index (χ1) is 17.4. The summed E-state index contributed by atoms with van der Waals surface area (Å²) in [6.45, 7) is 28.6. The molecular formula is C32H48N4P2. The van der Waals surface area contributed by atoms with Crippen molar-refractivity contribution in [3.05, 3.63) is 71.6 Å². The minimum absolute atomic E-state index is 0.0382. The highest BCUT2D eigenvalue weighted by molar-refractivity contribution is 7.71. The average molecular weight is 551 g/mol. The molecule has 0 saturated heterocycles. The summed E-state index contributed by atoms with van der Waals surface area (Å²) in [5, 5.41) is 0.492. The van der Waals surface area contributed by atoms with E-state index < -0.39 is 7.92 Å². The molecule has 0 saturated carbocycles. The van der Waals surface area contributed by atoms with E-state index in [9.17, 15) is 0 Å². The quantitative estimate of drug-likeness (QED) is 0.291. The first-order valence-corrected chi connectivity index (χ1v) is 16.7. The lowest BCUT2D eigenvalue weighted by atomic mass is 9.74. The second-order valence-corrected chi connectivity index (χ2v) is 20.3. The van der Waals surface area contributed by atoms with Crippen molar-refractivity contribution in [1.29, 1.82) is 0 Å². The van der Waals surface area contributed by atoms with Crippen LogP contribution < -0.4 is 10.9 Å². The Kier molecular flexibility index (Phi) is 9.22. The van der Waals surface area contributed by atoms with Crippen molar-refractivity contribution in [2.75, 3.05) is 0 Å². The van der Waals surface area contributed by atoms with Gasteiger partial charge in [0.1, 0.15) is 0 Å². The van der Waals surface area contributed by atoms with Crippen molar-refractivity contribution in [1.82, 2.24) is 19.9 Å². The molecule has 0 amide bonds. The molecule has 0 fully saturated rings. The third-order valence-electron chi connectivity index (χ3n) is 6.88.